The highest BCUT2D eigenvalue weighted by Crippen LogP contribution is 1.90. The van der Waals surface area contributed by atoms with Gasteiger partial charge in [-0.3, -0.25) is 4.79 Å². The van der Waals surface area contributed by atoms with E-state index in [9.17, 15) is 9.59 Å². The maximum Gasteiger partial charge on any atom is 0.237 e. The summed E-state index contributed by atoms with van der Waals surface area (Å²) in [5.41, 5.74) is 0. The Hall–Kier alpha value is -0.900. The van der Waals surface area contributed by atoms with Crippen molar-refractivity contribution >= 4 is 12.2 Å². The van der Waals surface area contributed by atoms with Crippen LogP contribution in [0, 0.1) is 0 Å². The van der Waals surface area contributed by atoms with E-state index in [1.807, 2.05) is 6.92 Å². The molecule has 0 bridgehead atoms. The normalized spacial score (nSPS) is 14.9. The third-order valence-corrected chi connectivity index (χ3v) is 1.65. The van der Waals surface area contributed by atoms with Gasteiger partial charge in [0.05, 0.1) is 12.1 Å². The fraction of sp³-hybridized carbons (Fsp3) is 0.750. The van der Waals surface area contributed by atoms with Crippen molar-refractivity contribution in [2.75, 3.05) is 7.05 Å². The van der Waals surface area contributed by atoms with Crippen LogP contribution in [0.25, 0.3) is 0 Å². The number of carbonyl (C=O) groups excluding carboxylic acids is 2. The van der Waals surface area contributed by atoms with Crippen molar-refractivity contribution in [2.24, 2.45) is 0 Å². The number of nitrogens with one attached hydrogen (secondary N) is 2. The van der Waals surface area contributed by atoms with E-state index >= 15 is 0 Å². The minimum Gasteiger partial charge on any atom is -0.346 e. The van der Waals surface area contributed by atoms with E-state index in [1.165, 1.54) is 0 Å². The van der Waals surface area contributed by atoms with Crippen LogP contribution in [0.5, 0.6) is 0 Å². The topological polar surface area (TPSA) is 58.2 Å². The maximum atomic E-state index is 11.2. The van der Waals surface area contributed by atoms with Gasteiger partial charge in [-0.05, 0) is 20.4 Å². The fourth-order valence-corrected chi connectivity index (χ4v) is 0.880. The molecule has 0 aromatic carbocycles. The zero-order valence-corrected chi connectivity index (χ0v) is 7.76. The highest BCUT2D eigenvalue weighted by atomic mass is 16.2. The molecule has 1 amide bonds. The van der Waals surface area contributed by atoms with E-state index < -0.39 is 6.04 Å². The summed E-state index contributed by atoms with van der Waals surface area (Å²) in [6, 6.07) is -0.604. The molecule has 70 valence electrons. The van der Waals surface area contributed by atoms with Crippen molar-refractivity contribution in [2.45, 2.75) is 32.4 Å². The fourth-order valence-electron chi connectivity index (χ4n) is 0.880. The summed E-state index contributed by atoms with van der Waals surface area (Å²) in [5.74, 6) is -0.125. The van der Waals surface area contributed by atoms with Crippen LogP contribution in [0.2, 0.25) is 0 Å². The quantitative estimate of drug-likeness (QED) is 0.559. The summed E-state index contributed by atoms with van der Waals surface area (Å²) in [6.07, 6.45) is 1.42. The Bertz CT molecular complexity index is 155. The standard InChI is InChI=1S/C8H16N2O2/c1-4-7(9-3)8(12)10-6(2)5-11/h5-7,9H,4H2,1-3H3,(H,10,12)/t6-,7?/m0/s1. The van der Waals surface area contributed by atoms with Gasteiger partial charge in [-0.25, -0.2) is 0 Å². The number of hydrogen-bond donors (Lipinski definition) is 2. The molecular formula is C8H16N2O2. The lowest BCUT2D eigenvalue weighted by atomic mass is 10.2. The molecule has 0 aliphatic heterocycles. The van der Waals surface area contributed by atoms with Crippen LogP contribution >= 0.6 is 0 Å². The monoisotopic (exact) mass is 172 g/mol. The molecule has 0 spiro atoms. The first kappa shape index (κ1) is 11.1. The molecule has 0 heterocycles. The summed E-state index contributed by atoms with van der Waals surface area (Å²) in [7, 11) is 1.72. The first-order valence-corrected chi connectivity index (χ1v) is 4.08. The Balaban J connectivity index is 3.92. The number of aldehydes is 1. The lowest BCUT2D eigenvalue weighted by Crippen LogP contribution is -2.45. The van der Waals surface area contributed by atoms with E-state index in [4.69, 9.17) is 0 Å². The lowest BCUT2D eigenvalue weighted by Gasteiger charge is -2.15. The second-order valence-corrected chi connectivity index (χ2v) is 2.68. The highest BCUT2D eigenvalue weighted by molar-refractivity contribution is 5.84. The number of amides is 1. The minimum atomic E-state index is -0.403. The molecule has 0 fully saturated rings. The van der Waals surface area contributed by atoms with Crippen LogP contribution in [0.1, 0.15) is 20.3 Å². The average Bonchev–Trinajstić information content (AvgIpc) is 2.06. The van der Waals surface area contributed by atoms with Crippen LogP contribution in [-0.4, -0.2) is 31.3 Å². The molecule has 2 atom stereocenters. The molecule has 0 aliphatic rings. The van der Waals surface area contributed by atoms with Crippen LogP contribution in [0.4, 0.5) is 0 Å². The number of carbonyl (C=O) groups is 2. The third-order valence-electron chi connectivity index (χ3n) is 1.65. The molecule has 0 rings (SSSR count). The number of hydrogen-bond acceptors (Lipinski definition) is 3. The molecule has 0 aliphatic carbocycles. The summed E-state index contributed by atoms with van der Waals surface area (Å²) < 4.78 is 0. The van der Waals surface area contributed by atoms with Crippen LogP contribution in [0.15, 0.2) is 0 Å². The van der Waals surface area contributed by atoms with Gasteiger partial charge in [-0.2, -0.15) is 0 Å². The van der Waals surface area contributed by atoms with Gasteiger partial charge in [0, 0.05) is 0 Å². The second-order valence-electron chi connectivity index (χ2n) is 2.68. The zero-order chi connectivity index (χ0) is 9.56. The second kappa shape index (κ2) is 5.71. The van der Waals surface area contributed by atoms with Crippen molar-refractivity contribution in [3.8, 4) is 0 Å². The number of rotatable bonds is 5. The minimum absolute atomic E-state index is 0.125. The SMILES string of the molecule is CCC(NC)C(=O)N[C@@H](C)C=O. The first-order chi connectivity index (χ1) is 5.65. The highest BCUT2D eigenvalue weighted by Gasteiger charge is 2.14. The molecule has 0 aromatic heterocycles. The van der Waals surface area contributed by atoms with E-state index in [-0.39, 0.29) is 11.9 Å². The van der Waals surface area contributed by atoms with Crippen molar-refractivity contribution in [3.05, 3.63) is 0 Å². The number of likely N-dealkylation sites (N-methyl/N-ethyl adjacent to an activating group) is 1. The molecule has 12 heavy (non-hydrogen) atoms. The van der Waals surface area contributed by atoms with E-state index in [1.54, 1.807) is 14.0 Å². The van der Waals surface area contributed by atoms with Crippen molar-refractivity contribution < 1.29 is 9.59 Å². The predicted molar refractivity (Wildman–Crippen MR) is 46.8 cm³/mol. The van der Waals surface area contributed by atoms with Crippen LogP contribution < -0.4 is 10.6 Å². The van der Waals surface area contributed by atoms with Crippen molar-refractivity contribution in [1.29, 1.82) is 0 Å². The Morgan fingerprint density at radius 2 is 2.17 bits per heavy atom. The average molecular weight is 172 g/mol. The van der Waals surface area contributed by atoms with Gasteiger partial charge < -0.3 is 15.4 Å². The predicted octanol–water partition coefficient (Wildman–Crippen LogP) is -0.312. The molecule has 0 saturated heterocycles. The van der Waals surface area contributed by atoms with Gasteiger partial charge in [0.15, 0.2) is 0 Å². The summed E-state index contributed by atoms with van der Waals surface area (Å²) in [4.78, 5) is 21.4. The molecule has 2 N–H and O–H groups in total. The summed E-state index contributed by atoms with van der Waals surface area (Å²) in [6.45, 7) is 3.56. The smallest absolute Gasteiger partial charge is 0.237 e. The van der Waals surface area contributed by atoms with Crippen LogP contribution in [0.3, 0.4) is 0 Å². The van der Waals surface area contributed by atoms with Gasteiger partial charge in [-0.1, -0.05) is 6.92 Å². The van der Waals surface area contributed by atoms with E-state index in [0.717, 1.165) is 0 Å². The first-order valence-electron chi connectivity index (χ1n) is 4.08. The zero-order valence-electron chi connectivity index (χ0n) is 7.76. The van der Waals surface area contributed by atoms with Crippen molar-refractivity contribution in [1.82, 2.24) is 10.6 Å². The molecular weight excluding hydrogens is 156 g/mol. The Morgan fingerprint density at radius 3 is 2.50 bits per heavy atom. The van der Waals surface area contributed by atoms with Gasteiger partial charge in [0.1, 0.15) is 6.29 Å². The Kier molecular flexibility index (Phi) is 5.28. The lowest BCUT2D eigenvalue weighted by molar-refractivity contribution is -0.125. The Labute approximate surface area is 72.7 Å². The molecule has 0 radical (unpaired) electrons. The molecule has 4 nitrogen and oxygen atoms in total. The molecule has 0 aromatic rings. The Morgan fingerprint density at radius 1 is 1.58 bits per heavy atom. The van der Waals surface area contributed by atoms with Gasteiger partial charge in [0.25, 0.3) is 0 Å². The van der Waals surface area contributed by atoms with Gasteiger partial charge >= 0.3 is 0 Å². The van der Waals surface area contributed by atoms with Crippen molar-refractivity contribution in [3.63, 3.8) is 0 Å². The maximum absolute atomic E-state index is 11.2. The molecule has 4 heteroatoms. The summed E-state index contributed by atoms with van der Waals surface area (Å²) in [5, 5.41) is 5.41. The largest absolute Gasteiger partial charge is 0.346 e. The van der Waals surface area contributed by atoms with E-state index in [0.29, 0.717) is 12.7 Å². The van der Waals surface area contributed by atoms with E-state index in [2.05, 4.69) is 10.6 Å². The van der Waals surface area contributed by atoms with Gasteiger partial charge in [-0.15, -0.1) is 0 Å². The molecule has 0 saturated carbocycles. The summed E-state index contributed by atoms with van der Waals surface area (Å²) >= 11 is 0. The van der Waals surface area contributed by atoms with Crippen LogP contribution in [-0.2, 0) is 9.59 Å². The van der Waals surface area contributed by atoms with Gasteiger partial charge in [0.2, 0.25) is 5.91 Å². The third kappa shape index (κ3) is 3.48. The molecule has 1 unspecified atom stereocenters.